The minimum absolute atomic E-state index is 0.210. The molecule has 1 aromatic rings. The second-order valence-corrected chi connectivity index (χ2v) is 3.09. The fourth-order valence-corrected chi connectivity index (χ4v) is 1.04. The van der Waals surface area contributed by atoms with Crippen LogP contribution in [0.15, 0.2) is 12.3 Å². The van der Waals surface area contributed by atoms with Crippen molar-refractivity contribution in [3.8, 4) is 0 Å². The highest BCUT2D eigenvalue weighted by Crippen LogP contribution is 2.05. The van der Waals surface area contributed by atoms with Gasteiger partial charge in [-0.3, -0.25) is 0 Å². The van der Waals surface area contributed by atoms with Gasteiger partial charge in [0.25, 0.3) is 0 Å². The summed E-state index contributed by atoms with van der Waals surface area (Å²) in [5, 5.41) is 0. The molecule has 0 aliphatic carbocycles. The van der Waals surface area contributed by atoms with Gasteiger partial charge in [-0.2, -0.15) is 0 Å². The van der Waals surface area contributed by atoms with E-state index < -0.39 is 5.97 Å². The summed E-state index contributed by atoms with van der Waals surface area (Å²) >= 11 is 0. The maximum absolute atomic E-state index is 11.4. The number of hydrogen-bond donors (Lipinski definition) is 2. The van der Waals surface area contributed by atoms with Gasteiger partial charge in [-0.15, -0.1) is 0 Å². The average Bonchev–Trinajstić information content (AvgIpc) is 2.70. The van der Waals surface area contributed by atoms with Crippen LogP contribution in [0.5, 0.6) is 0 Å². The first kappa shape index (κ1) is 12.5. The molecule has 6 heteroatoms. The second-order valence-electron chi connectivity index (χ2n) is 3.09. The van der Waals surface area contributed by atoms with E-state index in [4.69, 9.17) is 19.9 Å². The Morgan fingerprint density at radius 3 is 2.75 bits per heavy atom. The number of hydrogen-bond acceptors (Lipinski definition) is 5. The van der Waals surface area contributed by atoms with Crippen LogP contribution < -0.4 is 5.73 Å². The number of anilines is 1. The van der Waals surface area contributed by atoms with Crippen molar-refractivity contribution in [2.75, 3.05) is 39.3 Å². The van der Waals surface area contributed by atoms with Gasteiger partial charge in [0, 0.05) is 13.3 Å². The monoisotopic (exact) mass is 228 g/mol. The highest BCUT2D eigenvalue weighted by molar-refractivity contribution is 5.88. The van der Waals surface area contributed by atoms with E-state index in [1.165, 1.54) is 12.3 Å². The molecule has 6 nitrogen and oxygen atoms in total. The van der Waals surface area contributed by atoms with Gasteiger partial charge in [0.15, 0.2) is 0 Å². The topological polar surface area (TPSA) is 86.6 Å². The van der Waals surface area contributed by atoms with E-state index in [1.54, 1.807) is 7.11 Å². The van der Waals surface area contributed by atoms with Crippen LogP contribution in [0.1, 0.15) is 10.5 Å². The largest absolute Gasteiger partial charge is 0.459 e. The van der Waals surface area contributed by atoms with Crippen LogP contribution in [-0.2, 0) is 14.2 Å². The van der Waals surface area contributed by atoms with Crippen LogP contribution in [-0.4, -0.2) is 44.5 Å². The average molecular weight is 228 g/mol. The Balaban J connectivity index is 2.11. The number of carbonyl (C=O) groups is 1. The molecule has 0 saturated carbocycles. The molecule has 90 valence electrons. The number of carbonyl (C=O) groups excluding carboxylic acids is 1. The molecular weight excluding hydrogens is 212 g/mol. The Labute approximate surface area is 93.7 Å². The lowest BCUT2D eigenvalue weighted by Gasteiger charge is -2.04. The van der Waals surface area contributed by atoms with Crippen LogP contribution in [0.3, 0.4) is 0 Å². The van der Waals surface area contributed by atoms with Gasteiger partial charge in [0.2, 0.25) is 0 Å². The number of aromatic nitrogens is 1. The van der Waals surface area contributed by atoms with Gasteiger partial charge < -0.3 is 24.9 Å². The zero-order valence-electron chi connectivity index (χ0n) is 9.19. The number of aromatic amines is 1. The lowest BCUT2D eigenvalue weighted by Crippen LogP contribution is -2.12. The maximum atomic E-state index is 11.4. The summed E-state index contributed by atoms with van der Waals surface area (Å²) in [6.45, 7) is 1.58. The molecule has 3 N–H and O–H groups in total. The van der Waals surface area contributed by atoms with Crippen LogP contribution in [0, 0.1) is 0 Å². The SMILES string of the molecule is COCCOCCOC(=O)c1cc(N)c[nH]1. The zero-order valence-corrected chi connectivity index (χ0v) is 9.19. The number of nitrogen functional groups attached to an aromatic ring is 1. The van der Waals surface area contributed by atoms with Crippen molar-refractivity contribution in [1.29, 1.82) is 0 Å². The highest BCUT2D eigenvalue weighted by Gasteiger charge is 2.08. The Morgan fingerprint density at radius 2 is 2.12 bits per heavy atom. The number of esters is 1. The smallest absolute Gasteiger partial charge is 0.354 e. The van der Waals surface area contributed by atoms with Gasteiger partial charge in [0.1, 0.15) is 12.3 Å². The number of methoxy groups -OCH3 is 1. The first-order valence-corrected chi connectivity index (χ1v) is 4.91. The van der Waals surface area contributed by atoms with Gasteiger partial charge in [-0.1, -0.05) is 0 Å². The standard InChI is InChI=1S/C10H16N2O4/c1-14-2-3-15-4-5-16-10(13)9-6-8(11)7-12-9/h6-7,12H,2-5,11H2,1H3. The molecule has 0 unspecified atom stereocenters. The molecule has 0 atom stereocenters. The Kier molecular flexibility index (Phi) is 5.38. The van der Waals surface area contributed by atoms with Crippen LogP contribution in [0.4, 0.5) is 5.69 Å². The Hall–Kier alpha value is -1.53. The minimum atomic E-state index is -0.438. The van der Waals surface area contributed by atoms with Gasteiger partial charge in [-0.25, -0.2) is 4.79 Å². The fourth-order valence-electron chi connectivity index (χ4n) is 1.04. The molecule has 1 aromatic heterocycles. The molecular formula is C10H16N2O4. The molecule has 0 bridgehead atoms. The van der Waals surface area contributed by atoms with Crippen molar-refractivity contribution in [3.63, 3.8) is 0 Å². The lowest BCUT2D eigenvalue weighted by molar-refractivity contribution is 0.0210. The van der Waals surface area contributed by atoms with Crippen molar-refractivity contribution in [1.82, 2.24) is 4.98 Å². The first-order valence-electron chi connectivity index (χ1n) is 4.91. The van der Waals surface area contributed by atoms with Crippen LogP contribution in [0.25, 0.3) is 0 Å². The number of H-pyrrole nitrogens is 1. The first-order chi connectivity index (χ1) is 7.74. The second kappa shape index (κ2) is 6.86. The molecule has 0 spiro atoms. The van der Waals surface area contributed by atoms with Crippen molar-refractivity contribution in [3.05, 3.63) is 18.0 Å². The summed E-state index contributed by atoms with van der Waals surface area (Å²) < 4.78 is 14.8. The quantitative estimate of drug-likeness (QED) is 0.521. The van der Waals surface area contributed by atoms with E-state index in [0.29, 0.717) is 31.2 Å². The van der Waals surface area contributed by atoms with Crippen molar-refractivity contribution in [2.24, 2.45) is 0 Å². The third-order valence-electron chi connectivity index (χ3n) is 1.82. The molecule has 0 fully saturated rings. The van der Waals surface area contributed by atoms with E-state index in [1.807, 2.05) is 0 Å². The van der Waals surface area contributed by atoms with Gasteiger partial charge in [0.05, 0.1) is 25.5 Å². The number of nitrogens with two attached hydrogens (primary N) is 1. The number of ether oxygens (including phenoxy) is 3. The third kappa shape index (κ3) is 4.33. The molecule has 0 aromatic carbocycles. The Bertz CT molecular complexity index is 324. The van der Waals surface area contributed by atoms with Gasteiger partial charge in [-0.05, 0) is 6.07 Å². The van der Waals surface area contributed by atoms with E-state index in [-0.39, 0.29) is 6.61 Å². The summed E-state index contributed by atoms with van der Waals surface area (Å²) in [4.78, 5) is 14.1. The summed E-state index contributed by atoms with van der Waals surface area (Å²) in [6.07, 6.45) is 1.53. The summed E-state index contributed by atoms with van der Waals surface area (Å²) in [6, 6.07) is 1.52. The zero-order chi connectivity index (χ0) is 11.8. The van der Waals surface area contributed by atoms with E-state index >= 15 is 0 Å². The number of nitrogens with one attached hydrogen (secondary N) is 1. The summed E-state index contributed by atoms with van der Waals surface area (Å²) in [7, 11) is 1.60. The third-order valence-corrected chi connectivity index (χ3v) is 1.82. The van der Waals surface area contributed by atoms with Crippen LogP contribution in [0.2, 0.25) is 0 Å². The Morgan fingerprint density at radius 1 is 1.38 bits per heavy atom. The van der Waals surface area contributed by atoms with Crippen LogP contribution >= 0.6 is 0 Å². The molecule has 0 amide bonds. The fraction of sp³-hybridized carbons (Fsp3) is 0.500. The summed E-state index contributed by atoms with van der Waals surface area (Å²) in [5.41, 5.74) is 6.29. The molecule has 0 saturated heterocycles. The number of rotatable bonds is 7. The predicted octanol–water partition coefficient (Wildman–Crippen LogP) is 0.417. The lowest BCUT2D eigenvalue weighted by atomic mass is 10.4. The van der Waals surface area contributed by atoms with E-state index in [2.05, 4.69) is 4.98 Å². The molecule has 1 heterocycles. The van der Waals surface area contributed by atoms with Crippen molar-refractivity contribution < 1.29 is 19.0 Å². The molecule has 0 radical (unpaired) electrons. The predicted molar refractivity (Wildman–Crippen MR) is 58.2 cm³/mol. The molecule has 0 aliphatic rings. The van der Waals surface area contributed by atoms with E-state index in [0.717, 1.165) is 0 Å². The van der Waals surface area contributed by atoms with Crippen molar-refractivity contribution >= 4 is 11.7 Å². The minimum Gasteiger partial charge on any atom is -0.459 e. The molecule has 1 rings (SSSR count). The normalized spacial score (nSPS) is 10.3. The highest BCUT2D eigenvalue weighted by atomic mass is 16.6. The molecule has 0 aliphatic heterocycles. The molecule has 16 heavy (non-hydrogen) atoms. The van der Waals surface area contributed by atoms with E-state index in [9.17, 15) is 4.79 Å². The van der Waals surface area contributed by atoms with Gasteiger partial charge >= 0.3 is 5.97 Å². The summed E-state index contributed by atoms with van der Waals surface area (Å²) in [5.74, 6) is -0.438. The van der Waals surface area contributed by atoms with Crippen molar-refractivity contribution in [2.45, 2.75) is 0 Å². The maximum Gasteiger partial charge on any atom is 0.354 e.